The maximum absolute atomic E-state index is 12.7. The molecule has 0 radical (unpaired) electrons. The molecule has 2 aromatic carbocycles. The van der Waals surface area contributed by atoms with Gasteiger partial charge in [-0.25, -0.2) is 4.98 Å². The molecule has 0 atom stereocenters. The van der Waals surface area contributed by atoms with Crippen molar-refractivity contribution in [3.63, 3.8) is 0 Å². The number of carbonyl (C=O) groups is 2. The van der Waals surface area contributed by atoms with Crippen molar-refractivity contribution in [1.82, 2.24) is 9.55 Å². The molecule has 9 heteroatoms. The Bertz CT molecular complexity index is 1100. The Morgan fingerprint density at radius 1 is 1.03 bits per heavy atom. The molecule has 0 aliphatic heterocycles. The van der Waals surface area contributed by atoms with Crippen LogP contribution in [-0.4, -0.2) is 28.5 Å². The summed E-state index contributed by atoms with van der Waals surface area (Å²) in [7, 11) is 3.20. The van der Waals surface area contributed by atoms with Gasteiger partial charge in [0.15, 0.2) is 0 Å². The average molecular weight is 433 g/mol. The molecule has 7 nitrogen and oxygen atoms in total. The maximum atomic E-state index is 12.7. The molecule has 2 N–H and O–H groups in total. The highest BCUT2D eigenvalue weighted by Crippen LogP contribution is 2.34. The fourth-order valence-electron chi connectivity index (χ4n) is 2.64. The van der Waals surface area contributed by atoms with Gasteiger partial charge in [0, 0.05) is 24.4 Å². The van der Waals surface area contributed by atoms with E-state index in [4.69, 9.17) is 27.9 Å². The van der Waals surface area contributed by atoms with Gasteiger partial charge in [-0.2, -0.15) is 0 Å². The number of nitrogens with one attached hydrogen (secondary N) is 2. The molecule has 3 rings (SSSR count). The summed E-state index contributed by atoms with van der Waals surface area (Å²) >= 11 is 12.2. The van der Waals surface area contributed by atoms with Gasteiger partial charge in [-0.05, 0) is 30.7 Å². The van der Waals surface area contributed by atoms with E-state index < -0.39 is 5.91 Å². The highest BCUT2D eigenvalue weighted by molar-refractivity contribution is 6.37. The molecule has 1 aromatic heterocycles. The number of nitrogens with zero attached hydrogens (tertiary/aromatic N) is 2. The van der Waals surface area contributed by atoms with Crippen molar-refractivity contribution >= 4 is 46.4 Å². The number of benzene rings is 2. The fourth-order valence-corrected chi connectivity index (χ4v) is 3.14. The van der Waals surface area contributed by atoms with Crippen LogP contribution in [-0.2, 0) is 7.05 Å². The van der Waals surface area contributed by atoms with E-state index in [-0.39, 0.29) is 10.9 Å². The SMILES string of the molecule is COc1cc(NC(=O)c2ccc(C)c(NC(=O)c3cncn3C)c2)c(Cl)cc1Cl. The molecule has 29 heavy (non-hydrogen) atoms. The van der Waals surface area contributed by atoms with Crippen molar-refractivity contribution in [3.8, 4) is 5.75 Å². The molecule has 3 aromatic rings. The molecular formula is C20H18Cl2N4O3. The minimum absolute atomic E-state index is 0.279. The molecule has 0 bridgehead atoms. The minimum atomic E-state index is -0.396. The van der Waals surface area contributed by atoms with Gasteiger partial charge in [0.05, 0.1) is 35.4 Å². The second-order valence-electron chi connectivity index (χ2n) is 6.29. The van der Waals surface area contributed by atoms with Crippen molar-refractivity contribution in [2.75, 3.05) is 17.7 Å². The van der Waals surface area contributed by atoms with E-state index in [1.807, 2.05) is 6.92 Å². The third-order valence-corrected chi connectivity index (χ3v) is 4.90. The number of ether oxygens (including phenoxy) is 1. The predicted octanol–water partition coefficient (Wildman–Crippen LogP) is 4.55. The van der Waals surface area contributed by atoms with Gasteiger partial charge >= 0.3 is 0 Å². The summed E-state index contributed by atoms with van der Waals surface area (Å²) in [6.45, 7) is 1.83. The van der Waals surface area contributed by atoms with Gasteiger partial charge in [-0.15, -0.1) is 0 Å². The Morgan fingerprint density at radius 3 is 2.41 bits per heavy atom. The Morgan fingerprint density at radius 2 is 1.76 bits per heavy atom. The van der Waals surface area contributed by atoms with Crippen LogP contribution >= 0.6 is 23.2 Å². The maximum Gasteiger partial charge on any atom is 0.273 e. The summed E-state index contributed by atoms with van der Waals surface area (Å²) in [6, 6.07) is 8.04. The smallest absolute Gasteiger partial charge is 0.273 e. The zero-order valence-electron chi connectivity index (χ0n) is 15.9. The Kier molecular flexibility index (Phi) is 6.10. The number of anilines is 2. The number of halogens is 2. The normalized spacial score (nSPS) is 10.5. The van der Waals surface area contributed by atoms with Crippen LogP contribution in [0, 0.1) is 6.92 Å². The van der Waals surface area contributed by atoms with E-state index in [1.54, 1.807) is 35.9 Å². The summed E-state index contributed by atoms with van der Waals surface area (Å²) in [5.74, 6) is -0.331. The van der Waals surface area contributed by atoms with Crippen molar-refractivity contribution in [2.24, 2.45) is 7.05 Å². The Hall–Kier alpha value is -3.03. The van der Waals surface area contributed by atoms with Gasteiger partial charge in [-0.3, -0.25) is 9.59 Å². The minimum Gasteiger partial charge on any atom is -0.495 e. The van der Waals surface area contributed by atoms with Crippen LogP contribution in [0.5, 0.6) is 5.75 Å². The lowest BCUT2D eigenvalue weighted by Crippen LogP contribution is -2.17. The van der Waals surface area contributed by atoms with E-state index in [0.29, 0.717) is 33.4 Å². The lowest BCUT2D eigenvalue weighted by Gasteiger charge is -2.13. The van der Waals surface area contributed by atoms with E-state index in [0.717, 1.165) is 5.56 Å². The second kappa shape index (κ2) is 8.55. The molecule has 2 amide bonds. The molecule has 0 aliphatic carbocycles. The highest BCUT2D eigenvalue weighted by atomic mass is 35.5. The average Bonchev–Trinajstić information content (AvgIpc) is 3.11. The topological polar surface area (TPSA) is 85.2 Å². The number of hydrogen-bond acceptors (Lipinski definition) is 4. The van der Waals surface area contributed by atoms with Crippen LogP contribution in [0.3, 0.4) is 0 Å². The first-order valence-electron chi connectivity index (χ1n) is 8.53. The standard InChI is InChI=1S/C20H18Cl2N4O3/c1-11-4-5-12(6-15(11)24-20(28)17-9-23-10-26(17)2)19(27)25-16-8-18(29-3)14(22)7-13(16)21/h4-10H,1-3H3,(H,24,28)(H,25,27). The van der Waals surface area contributed by atoms with Crippen LogP contribution in [0.2, 0.25) is 10.0 Å². The number of amides is 2. The zero-order valence-corrected chi connectivity index (χ0v) is 17.4. The molecule has 0 saturated heterocycles. The van der Waals surface area contributed by atoms with Crippen molar-refractivity contribution in [3.05, 3.63) is 69.7 Å². The molecule has 0 unspecified atom stereocenters. The van der Waals surface area contributed by atoms with Gasteiger partial charge < -0.3 is 19.9 Å². The number of methoxy groups -OCH3 is 1. The molecular weight excluding hydrogens is 415 g/mol. The van der Waals surface area contributed by atoms with Crippen LogP contribution in [0.15, 0.2) is 42.9 Å². The molecule has 0 spiro atoms. The number of aromatic nitrogens is 2. The number of imidazole rings is 1. The number of rotatable bonds is 5. The molecule has 150 valence electrons. The summed E-state index contributed by atoms with van der Waals surface area (Å²) in [5.41, 5.74) is 2.44. The number of hydrogen-bond donors (Lipinski definition) is 2. The third kappa shape index (κ3) is 4.52. The van der Waals surface area contributed by atoms with Crippen molar-refractivity contribution in [2.45, 2.75) is 6.92 Å². The van der Waals surface area contributed by atoms with Crippen LogP contribution in [0.25, 0.3) is 0 Å². The lowest BCUT2D eigenvalue weighted by molar-refractivity contribution is 0.101. The van der Waals surface area contributed by atoms with Crippen LogP contribution < -0.4 is 15.4 Å². The van der Waals surface area contributed by atoms with Gasteiger partial charge in [-0.1, -0.05) is 29.3 Å². The Balaban J connectivity index is 1.83. The first kappa shape index (κ1) is 20.7. The number of aryl methyl sites for hydroxylation is 2. The first-order valence-corrected chi connectivity index (χ1v) is 9.28. The van der Waals surface area contributed by atoms with Crippen molar-refractivity contribution in [1.29, 1.82) is 0 Å². The summed E-state index contributed by atoms with van der Waals surface area (Å²) in [6.07, 6.45) is 3.01. The first-order chi connectivity index (χ1) is 13.8. The van der Waals surface area contributed by atoms with E-state index in [1.165, 1.54) is 25.7 Å². The highest BCUT2D eigenvalue weighted by Gasteiger charge is 2.15. The van der Waals surface area contributed by atoms with Gasteiger partial charge in [0.1, 0.15) is 11.4 Å². The van der Waals surface area contributed by atoms with Crippen molar-refractivity contribution < 1.29 is 14.3 Å². The monoisotopic (exact) mass is 432 g/mol. The van der Waals surface area contributed by atoms with Gasteiger partial charge in [0.2, 0.25) is 0 Å². The summed E-state index contributed by atoms with van der Waals surface area (Å²) in [5, 5.41) is 6.15. The van der Waals surface area contributed by atoms with Gasteiger partial charge in [0.25, 0.3) is 11.8 Å². The van der Waals surface area contributed by atoms with E-state index in [2.05, 4.69) is 15.6 Å². The molecule has 0 saturated carbocycles. The summed E-state index contributed by atoms with van der Waals surface area (Å²) in [4.78, 5) is 29.1. The molecule has 0 aliphatic rings. The Labute approximate surface area is 177 Å². The van der Waals surface area contributed by atoms with E-state index >= 15 is 0 Å². The van der Waals surface area contributed by atoms with Crippen LogP contribution in [0.4, 0.5) is 11.4 Å². The molecule has 0 fully saturated rings. The molecule has 1 heterocycles. The number of carbonyl (C=O) groups excluding carboxylic acids is 2. The van der Waals surface area contributed by atoms with Crippen LogP contribution in [0.1, 0.15) is 26.4 Å². The lowest BCUT2D eigenvalue weighted by atomic mass is 10.1. The third-order valence-electron chi connectivity index (χ3n) is 4.29. The quantitative estimate of drug-likeness (QED) is 0.619. The predicted molar refractivity (Wildman–Crippen MR) is 113 cm³/mol. The zero-order chi connectivity index (χ0) is 21.1. The fraction of sp³-hybridized carbons (Fsp3) is 0.150. The second-order valence-corrected chi connectivity index (χ2v) is 7.11. The van der Waals surface area contributed by atoms with E-state index in [9.17, 15) is 9.59 Å². The largest absolute Gasteiger partial charge is 0.495 e. The summed E-state index contributed by atoms with van der Waals surface area (Å²) < 4.78 is 6.76.